The molecular formula is C24H24FN5O4. The van der Waals surface area contributed by atoms with Crippen molar-refractivity contribution in [2.24, 2.45) is 0 Å². The summed E-state index contributed by atoms with van der Waals surface area (Å²) in [5.74, 6) is 1.27. The molecule has 4 aromatic rings. The minimum atomic E-state index is -0.434. The van der Waals surface area contributed by atoms with Crippen LogP contribution in [-0.4, -0.2) is 39.3 Å². The molecule has 0 radical (unpaired) electrons. The van der Waals surface area contributed by atoms with Crippen molar-refractivity contribution in [1.29, 1.82) is 0 Å². The zero-order valence-electron chi connectivity index (χ0n) is 18.8. The molecule has 0 spiro atoms. The summed E-state index contributed by atoms with van der Waals surface area (Å²) in [6.07, 6.45) is 4.50. The Bertz CT molecular complexity index is 1380. The molecule has 2 aromatic carbocycles. The predicted molar refractivity (Wildman–Crippen MR) is 123 cm³/mol. The topological polar surface area (TPSA) is 99.8 Å². The Hall–Kier alpha value is -4.21. The number of carbonyl (C=O) groups is 1. The van der Waals surface area contributed by atoms with Gasteiger partial charge in [0.1, 0.15) is 11.6 Å². The lowest BCUT2D eigenvalue weighted by molar-refractivity contribution is -0.121. The van der Waals surface area contributed by atoms with E-state index in [-0.39, 0.29) is 11.6 Å². The number of nitrogens with one attached hydrogen (secondary N) is 1. The smallest absolute Gasteiger partial charge is 0.300 e. The van der Waals surface area contributed by atoms with Crippen molar-refractivity contribution < 1.29 is 18.7 Å². The van der Waals surface area contributed by atoms with Gasteiger partial charge in [0.25, 0.3) is 0 Å². The molecule has 10 heteroatoms. The Morgan fingerprint density at radius 2 is 1.88 bits per heavy atom. The molecule has 0 bridgehead atoms. The SMILES string of the molecule is COc1ccc(CNC(=O)CCCc2nnc3c(=O)n(-c4cccc(F)c4)ccn23)cc1OC. The van der Waals surface area contributed by atoms with E-state index in [0.717, 1.165) is 5.56 Å². The number of amides is 1. The van der Waals surface area contributed by atoms with E-state index in [1.165, 1.54) is 22.8 Å². The number of hydrogen-bond acceptors (Lipinski definition) is 6. The maximum absolute atomic E-state index is 13.5. The van der Waals surface area contributed by atoms with E-state index in [9.17, 15) is 14.0 Å². The van der Waals surface area contributed by atoms with Gasteiger partial charge < -0.3 is 14.8 Å². The molecule has 2 aromatic heterocycles. The predicted octanol–water partition coefficient (Wildman–Crippen LogP) is 2.68. The number of hydrogen-bond donors (Lipinski definition) is 1. The summed E-state index contributed by atoms with van der Waals surface area (Å²) in [4.78, 5) is 25.1. The van der Waals surface area contributed by atoms with Crippen LogP contribution in [0.15, 0.2) is 59.7 Å². The summed E-state index contributed by atoms with van der Waals surface area (Å²) in [5, 5.41) is 11.0. The van der Waals surface area contributed by atoms with Crippen LogP contribution in [0.5, 0.6) is 11.5 Å². The molecule has 2 heterocycles. The van der Waals surface area contributed by atoms with Crippen LogP contribution in [0.2, 0.25) is 0 Å². The second-order valence-corrected chi connectivity index (χ2v) is 7.58. The highest BCUT2D eigenvalue weighted by molar-refractivity contribution is 5.75. The van der Waals surface area contributed by atoms with E-state index in [0.29, 0.717) is 48.8 Å². The van der Waals surface area contributed by atoms with Crippen LogP contribution in [0, 0.1) is 5.82 Å². The van der Waals surface area contributed by atoms with Gasteiger partial charge in [-0.05, 0) is 42.3 Å². The van der Waals surface area contributed by atoms with Crippen LogP contribution >= 0.6 is 0 Å². The molecule has 4 rings (SSSR count). The number of carbonyl (C=O) groups excluding carboxylic acids is 1. The average Bonchev–Trinajstić information content (AvgIpc) is 3.26. The lowest BCUT2D eigenvalue weighted by Gasteiger charge is -2.10. The molecule has 0 saturated heterocycles. The third kappa shape index (κ3) is 4.90. The van der Waals surface area contributed by atoms with Crippen LogP contribution in [0.4, 0.5) is 4.39 Å². The number of benzene rings is 2. The van der Waals surface area contributed by atoms with Crippen LogP contribution in [0.1, 0.15) is 24.2 Å². The van der Waals surface area contributed by atoms with Gasteiger partial charge >= 0.3 is 5.56 Å². The van der Waals surface area contributed by atoms with Crippen LogP contribution in [0.25, 0.3) is 11.3 Å². The van der Waals surface area contributed by atoms with Crippen LogP contribution < -0.4 is 20.3 Å². The largest absolute Gasteiger partial charge is 0.493 e. The standard InChI is InChI=1S/C24H24FN5O4/c1-33-19-10-9-16(13-20(19)34-2)15-26-22(31)8-4-7-21-27-28-23-24(32)29(11-12-30(21)23)18-6-3-5-17(25)14-18/h3,5-6,9-14H,4,7-8,15H2,1-2H3,(H,26,31). The third-order valence-electron chi connectivity index (χ3n) is 5.37. The fourth-order valence-electron chi connectivity index (χ4n) is 3.62. The lowest BCUT2D eigenvalue weighted by atomic mass is 10.2. The van der Waals surface area contributed by atoms with Gasteiger partial charge in [0.15, 0.2) is 11.5 Å². The van der Waals surface area contributed by atoms with Crippen molar-refractivity contribution in [2.75, 3.05) is 14.2 Å². The zero-order valence-corrected chi connectivity index (χ0v) is 18.8. The van der Waals surface area contributed by atoms with Crippen molar-refractivity contribution in [3.05, 3.63) is 82.4 Å². The first-order valence-corrected chi connectivity index (χ1v) is 10.7. The van der Waals surface area contributed by atoms with E-state index in [2.05, 4.69) is 15.5 Å². The number of ether oxygens (including phenoxy) is 2. The highest BCUT2D eigenvalue weighted by Crippen LogP contribution is 2.27. The maximum Gasteiger partial charge on any atom is 0.300 e. The van der Waals surface area contributed by atoms with Crippen molar-refractivity contribution in [3.8, 4) is 17.2 Å². The van der Waals surface area contributed by atoms with E-state index in [4.69, 9.17) is 9.47 Å². The Balaban J connectivity index is 1.35. The van der Waals surface area contributed by atoms with Gasteiger partial charge in [0.05, 0.1) is 19.9 Å². The number of aromatic nitrogens is 4. The van der Waals surface area contributed by atoms with Gasteiger partial charge in [-0.1, -0.05) is 12.1 Å². The molecule has 0 aliphatic heterocycles. The van der Waals surface area contributed by atoms with E-state index in [1.807, 2.05) is 12.1 Å². The fraction of sp³-hybridized carbons (Fsp3) is 0.250. The second kappa shape index (κ2) is 10.2. The van der Waals surface area contributed by atoms with Crippen molar-refractivity contribution >= 4 is 11.6 Å². The number of aryl methyl sites for hydroxylation is 1. The first-order valence-electron chi connectivity index (χ1n) is 10.7. The summed E-state index contributed by atoms with van der Waals surface area (Å²) in [6.45, 7) is 0.368. The summed E-state index contributed by atoms with van der Waals surface area (Å²) in [7, 11) is 3.13. The Morgan fingerprint density at radius 3 is 2.65 bits per heavy atom. The number of halogens is 1. The van der Waals surface area contributed by atoms with Crippen LogP contribution in [-0.2, 0) is 17.8 Å². The molecule has 1 N–H and O–H groups in total. The molecule has 0 aliphatic rings. The second-order valence-electron chi connectivity index (χ2n) is 7.58. The Kier molecular flexibility index (Phi) is 6.86. The van der Waals surface area contributed by atoms with Gasteiger partial charge in [-0.15, -0.1) is 10.2 Å². The molecule has 0 saturated carbocycles. The van der Waals surface area contributed by atoms with Crippen LogP contribution in [0.3, 0.4) is 0 Å². The number of nitrogens with zero attached hydrogens (tertiary/aromatic N) is 4. The average molecular weight is 465 g/mol. The van der Waals surface area contributed by atoms with Gasteiger partial charge in [0, 0.05) is 31.8 Å². The molecule has 0 atom stereocenters. The molecule has 0 aliphatic carbocycles. The molecule has 1 amide bonds. The van der Waals surface area contributed by atoms with Gasteiger partial charge in [-0.2, -0.15) is 0 Å². The monoisotopic (exact) mass is 465 g/mol. The maximum atomic E-state index is 13.5. The van der Waals surface area contributed by atoms with E-state index >= 15 is 0 Å². The molecule has 34 heavy (non-hydrogen) atoms. The normalized spacial score (nSPS) is 10.9. The zero-order chi connectivity index (χ0) is 24.1. The Labute approximate surface area is 194 Å². The fourth-order valence-corrected chi connectivity index (χ4v) is 3.62. The molecule has 0 unspecified atom stereocenters. The lowest BCUT2D eigenvalue weighted by Crippen LogP contribution is -2.22. The number of methoxy groups -OCH3 is 2. The highest BCUT2D eigenvalue weighted by Gasteiger charge is 2.13. The van der Waals surface area contributed by atoms with E-state index in [1.54, 1.807) is 43.1 Å². The summed E-state index contributed by atoms with van der Waals surface area (Å²) in [6, 6.07) is 11.2. The van der Waals surface area contributed by atoms with Crippen molar-refractivity contribution in [3.63, 3.8) is 0 Å². The summed E-state index contributed by atoms with van der Waals surface area (Å²) >= 11 is 0. The quantitative estimate of drug-likeness (QED) is 0.408. The number of fused-ring (bicyclic) bond motifs is 1. The van der Waals surface area contributed by atoms with Gasteiger partial charge in [-0.3, -0.25) is 18.6 Å². The Morgan fingerprint density at radius 1 is 1.06 bits per heavy atom. The van der Waals surface area contributed by atoms with Crippen molar-refractivity contribution in [1.82, 2.24) is 24.5 Å². The summed E-state index contributed by atoms with van der Waals surface area (Å²) < 4.78 is 26.9. The minimum absolute atomic E-state index is 0.0999. The first-order chi connectivity index (χ1) is 16.5. The van der Waals surface area contributed by atoms with E-state index < -0.39 is 11.4 Å². The third-order valence-corrected chi connectivity index (χ3v) is 5.37. The number of rotatable bonds is 9. The van der Waals surface area contributed by atoms with Crippen molar-refractivity contribution in [2.45, 2.75) is 25.8 Å². The molecular weight excluding hydrogens is 441 g/mol. The van der Waals surface area contributed by atoms with Gasteiger partial charge in [0.2, 0.25) is 11.6 Å². The molecule has 0 fully saturated rings. The molecule has 176 valence electrons. The molecule has 9 nitrogen and oxygen atoms in total. The minimum Gasteiger partial charge on any atom is -0.493 e. The first kappa shape index (κ1) is 23.0. The summed E-state index contributed by atoms with van der Waals surface area (Å²) in [5.41, 5.74) is 1.03. The van der Waals surface area contributed by atoms with Gasteiger partial charge in [-0.25, -0.2) is 4.39 Å². The highest BCUT2D eigenvalue weighted by atomic mass is 19.1.